The van der Waals surface area contributed by atoms with E-state index in [-0.39, 0.29) is 5.91 Å². The molecule has 0 aliphatic carbocycles. The number of hydrogen-bond donors (Lipinski definition) is 3. The van der Waals surface area contributed by atoms with Gasteiger partial charge in [-0.25, -0.2) is 0 Å². The highest BCUT2D eigenvalue weighted by atomic mass is 32.1. The number of nitrogens with two attached hydrogens (primary N) is 1. The maximum Gasteiger partial charge on any atom is 0.249 e. The predicted octanol–water partition coefficient (Wildman–Crippen LogP) is 0.640. The topological polar surface area (TPSA) is 67.6 Å². The monoisotopic (exact) mass is 265 g/mol. The molecule has 5 nitrogen and oxygen atoms in total. The summed E-state index contributed by atoms with van der Waals surface area (Å²) < 4.78 is 5.09. The Balaban J connectivity index is 2.12. The van der Waals surface area contributed by atoms with Crippen LogP contribution in [-0.2, 0) is 11.3 Å². The number of thiol groups is 1. The molecule has 1 amide bonds. The van der Waals surface area contributed by atoms with Crippen LogP contribution in [0.25, 0.3) is 0 Å². The summed E-state index contributed by atoms with van der Waals surface area (Å²) in [6, 6.07) is 7.66. The van der Waals surface area contributed by atoms with E-state index < -0.39 is 5.50 Å². The third kappa shape index (κ3) is 2.70. The Hall–Kier alpha value is -1.82. The van der Waals surface area contributed by atoms with Crippen LogP contribution in [0.3, 0.4) is 0 Å². The van der Waals surface area contributed by atoms with E-state index in [4.69, 9.17) is 10.5 Å². The van der Waals surface area contributed by atoms with Crippen LogP contribution in [0, 0.1) is 0 Å². The Morgan fingerprint density at radius 3 is 2.67 bits per heavy atom. The number of nitrogens with one attached hydrogen (secondary N) is 1. The molecule has 0 saturated carbocycles. The first kappa shape index (κ1) is 12.6. The number of ether oxygens (including phenoxy) is 1. The molecule has 96 valence electrons. The molecule has 1 aromatic rings. The number of carbonyl (C=O) groups excluding carboxylic acids is 1. The number of amides is 1. The highest BCUT2D eigenvalue weighted by Crippen LogP contribution is 2.18. The molecule has 0 bridgehead atoms. The molecule has 18 heavy (non-hydrogen) atoms. The van der Waals surface area contributed by atoms with Crippen LogP contribution in [0.4, 0.5) is 0 Å². The van der Waals surface area contributed by atoms with Crippen LogP contribution in [-0.4, -0.2) is 23.4 Å². The van der Waals surface area contributed by atoms with Crippen LogP contribution in [0.2, 0.25) is 0 Å². The van der Waals surface area contributed by atoms with Gasteiger partial charge in [0.25, 0.3) is 0 Å². The predicted molar refractivity (Wildman–Crippen MR) is 71.7 cm³/mol. The van der Waals surface area contributed by atoms with Gasteiger partial charge in [-0.05, 0) is 17.7 Å². The van der Waals surface area contributed by atoms with Gasteiger partial charge in [-0.2, -0.15) is 0 Å². The Morgan fingerprint density at radius 1 is 1.44 bits per heavy atom. The highest BCUT2D eigenvalue weighted by Gasteiger charge is 2.22. The van der Waals surface area contributed by atoms with Crippen molar-refractivity contribution in [2.24, 2.45) is 5.73 Å². The zero-order valence-electron chi connectivity index (χ0n) is 9.96. The molecular weight excluding hydrogens is 250 g/mol. The second kappa shape index (κ2) is 5.22. The number of rotatable bonds is 3. The second-order valence-electron chi connectivity index (χ2n) is 3.93. The molecule has 0 aromatic heterocycles. The molecule has 0 fully saturated rings. The quantitative estimate of drug-likeness (QED) is 0.702. The molecule has 1 unspecified atom stereocenters. The summed E-state index contributed by atoms with van der Waals surface area (Å²) in [5.41, 5.74) is 6.46. The summed E-state index contributed by atoms with van der Waals surface area (Å²) in [7, 11) is 1.62. The van der Waals surface area contributed by atoms with Gasteiger partial charge in [-0.3, -0.25) is 4.79 Å². The summed E-state index contributed by atoms with van der Waals surface area (Å²) in [6.45, 7) is 0.570. The van der Waals surface area contributed by atoms with Gasteiger partial charge < -0.3 is 20.7 Å². The molecule has 0 radical (unpaired) electrons. The van der Waals surface area contributed by atoms with E-state index in [1.807, 2.05) is 24.3 Å². The number of carbonyl (C=O) groups is 1. The van der Waals surface area contributed by atoms with Crippen molar-refractivity contribution >= 4 is 18.5 Å². The zero-order chi connectivity index (χ0) is 13.1. The van der Waals surface area contributed by atoms with E-state index in [1.165, 1.54) is 6.08 Å². The summed E-state index contributed by atoms with van der Waals surface area (Å²) in [5.74, 6) is 0.990. The SMILES string of the molecule is COc1ccc(CN2C(N)=CC(=O)NC2S)cc1. The van der Waals surface area contributed by atoms with Gasteiger partial charge in [0.05, 0.1) is 7.11 Å². The largest absolute Gasteiger partial charge is 0.497 e. The van der Waals surface area contributed by atoms with Crippen molar-refractivity contribution in [3.8, 4) is 5.75 Å². The molecule has 0 saturated heterocycles. The van der Waals surface area contributed by atoms with E-state index in [0.29, 0.717) is 12.4 Å². The van der Waals surface area contributed by atoms with Crippen LogP contribution < -0.4 is 15.8 Å². The van der Waals surface area contributed by atoms with Crippen LogP contribution in [0.5, 0.6) is 5.75 Å². The second-order valence-corrected chi connectivity index (χ2v) is 4.42. The number of benzene rings is 1. The standard InChI is InChI=1S/C12H15N3O2S/c1-17-9-4-2-8(3-5-9)7-15-10(13)6-11(16)14-12(15)18/h2-6,12,18H,7,13H2,1H3,(H,14,16). The van der Waals surface area contributed by atoms with Gasteiger partial charge in [0.1, 0.15) is 17.1 Å². The molecule has 2 rings (SSSR count). The van der Waals surface area contributed by atoms with Gasteiger partial charge in [-0.1, -0.05) is 12.1 Å². The fourth-order valence-electron chi connectivity index (χ4n) is 1.71. The average molecular weight is 265 g/mol. The zero-order valence-corrected chi connectivity index (χ0v) is 10.9. The Bertz CT molecular complexity index is 473. The Morgan fingerprint density at radius 2 is 2.11 bits per heavy atom. The molecular formula is C12H15N3O2S. The number of hydrogen-bond acceptors (Lipinski definition) is 5. The van der Waals surface area contributed by atoms with Crippen molar-refractivity contribution in [1.82, 2.24) is 10.2 Å². The van der Waals surface area contributed by atoms with Gasteiger partial charge in [-0.15, -0.1) is 12.6 Å². The average Bonchev–Trinajstić information content (AvgIpc) is 2.34. The summed E-state index contributed by atoms with van der Waals surface area (Å²) in [4.78, 5) is 13.0. The van der Waals surface area contributed by atoms with Gasteiger partial charge >= 0.3 is 0 Å². The van der Waals surface area contributed by atoms with Crippen LogP contribution in [0.1, 0.15) is 5.56 Å². The molecule has 6 heteroatoms. The Labute approximate surface area is 111 Å². The van der Waals surface area contributed by atoms with Crippen molar-refractivity contribution in [3.05, 3.63) is 41.7 Å². The van der Waals surface area contributed by atoms with Crippen molar-refractivity contribution in [1.29, 1.82) is 0 Å². The molecule has 1 atom stereocenters. The molecule has 1 aliphatic rings. The minimum Gasteiger partial charge on any atom is -0.497 e. The van der Waals surface area contributed by atoms with Crippen molar-refractivity contribution in [2.45, 2.75) is 12.0 Å². The van der Waals surface area contributed by atoms with Crippen molar-refractivity contribution < 1.29 is 9.53 Å². The summed E-state index contributed by atoms with van der Waals surface area (Å²) in [6.07, 6.45) is 1.36. The van der Waals surface area contributed by atoms with Crippen molar-refractivity contribution in [3.63, 3.8) is 0 Å². The Kier molecular flexibility index (Phi) is 3.66. The number of nitrogens with zero attached hydrogens (tertiary/aromatic N) is 1. The normalized spacial score (nSPS) is 19.2. The first-order valence-corrected chi connectivity index (χ1v) is 5.97. The van der Waals surface area contributed by atoms with E-state index in [0.717, 1.165) is 11.3 Å². The fraction of sp³-hybridized carbons (Fsp3) is 0.250. The number of methoxy groups -OCH3 is 1. The molecule has 1 aromatic carbocycles. The van der Waals surface area contributed by atoms with Gasteiger partial charge in [0, 0.05) is 12.6 Å². The third-order valence-corrected chi connectivity index (χ3v) is 3.10. The smallest absolute Gasteiger partial charge is 0.249 e. The molecule has 3 N–H and O–H groups in total. The lowest BCUT2D eigenvalue weighted by Crippen LogP contribution is -2.49. The van der Waals surface area contributed by atoms with E-state index in [9.17, 15) is 4.79 Å². The maximum atomic E-state index is 11.2. The van der Waals surface area contributed by atoms with Crippen molar-refractivity contribution in [2.75, 3.05) is 7.11 Å². The lowest BCUT2D eigenvalue weighted by atomic mass is 10.2. The minimum atomic E-state index is -0.412. The van der Waals surface area contributed by atoms with E-state index >= 15 is 0 Å². The lowest BCUT2D eigenvalue weighted by molar-refractivity contribution is -0.118. The van der Waals surface area contributed by atoms with Gasteiger partial charge in [0.2, 0.25) is 5.91 Å². The first-order chi connectivity index (χ1) is 8.60. The third-order valence-electron chi connectivity index (χ3n) is 2.69. The summed E-state index contributed by atoms with van der Waals surface area (Å²) >= 11 is 4.29. The molecule has 0 spiro atoms. The van der Waals surface area contributed by atoms with Crippen LogP contribution >= 0.6 is 12.6 Å². The molecule has 1 aliphatic heterocycles. The maximum absolute atomic E-state index is 11.2. The first-order valence-electron chi connectivity index (χ1n) is 5.45. The summed E-state index contributed by atoms with van der Waals surface area (Å²) in [5, 5.41) is 2.67. The van der Waals surface area contributed by atoms with Gasteiger partial charge in [0.15, 0.2) is 0 Å². The molecule has 1 heterocycles. The highest BCUT2D eigenvalue weighted by molar-refractivity contribution is 7.80. The lowest BCUT2D eigenvalue weighted by Gasteiger charge is -2.33. The van der Waals surface area contributed by atoms with Crippen LogP contribution in [0.15, 0.2) is 36.2 Å². The fourth-order valence-corrected chi connectivity index (χ4v) is 2.05. The minimum absolute atomic E-state index is 0.224. The van der Waals surface area contributed by atoms with E-state index in [1.54, 1.807) is 12.0 Å². The van der Waals surface area contributed by atoms with E-state index in [2.05, 4.69) is 17.9 Å².